The van der Waals surface area contributed by atoms with E-state index in [2.05, 4.69) is 38.2 Å². The first kappa shape index (κ1) is 29.3. The third kappa shape index (κ3) is 5.61. The molecule has 0 bridgehead atoms. The fourth-order valence-corrected chi connectivity index (χ4v) is 6.32. The smallest absolute Gasteiger partial charge is 0.309 e. The van der Waals surface area contributed by atoms with Gasteiger partial charge in [-0.3, -0.25) is 14.5 Å². The molecule has 3 aromatic rings. The predicted octanol–water partition coefficient (Wildman–Crippen LogP) is 5.35. The largest absolute Gasteiger partial charge is 0.497 e. The number of hydrogen-bond donors (Lipinski definition) is 2. The van der Waals surface area contributed by atoms with E-state index in [-0.39, 0.29) is 19.2 Å². The van der Waals surface area contributed by atoms with Crippen molar-refractivity contribution in [1.82, 2.24) is 4.90 Å². The second-order valence-corrected chi connectivity index (χ2v) is 10.8. The summed E-state index contributed by atoms with van der Waals surface area (Å²) in [7, 11) is 3.13. The number of carbonyl (C=O) groups excluding carboxylic acids is 1. The van der Waals surface area contributed by atoms with Crippen LogP contribution in [0.3, 0.4) is 0 Å². The summed E-state index contributed by atoms with van der Waals surface area (Å²) in [4.78, 5) is 28.6. The minimum absolute atomic E-state index is 0.0266. The molecule has 0 spiro atoms. The van der Waals surface area contributed by atoms with E-state index in [4.69, 9.17) is 18.9 Å². The Kier molecular flexibility index (Phi) is 8.59. The van der Waals surface area contributed by atoms with Crippen molar-refractivity contribution in [3.63, 3.8) is 0 Å². The van der Waals surface area contributed by atoms with Crippen LogP contribution in [0.5, 0.6) is 23.0 Å². The fourth-order valence-electron chi connectivity index (χ4n) is 6.32. The van der Waals surface area contributed by atoms with E-state index in [0.29, 0.717) is 29.5 Å². The molecule has 1 fully saturated rings. The predicted molar refractivity (Wildman–Crippen MR) is 159 cm³/mol. The van der Waals surface area contributed by atoms with Gasteiger partial charge in [-0.2, -0.15) is 0 Å². The number of aryl methyl sites for hydroxylation is 3. The molecule has 0 radical (unpaired) electrons. The average molecular weight is 575 g/mol. The van der Waals surface area contributed by atoms with Crippen molar-refractivity contribution in [3.8, 4) is 23.0 Å². The number of nitrogens with one attached hydrogen (secondary N) is 1. The summed E-state index contributed by atoms with van der Waals surface area (Å²) >= 11 is 0. The molecule has 2 aliphatic rings. The molecule has 222 valence electrons. The minimum Gasteiger partial charge on any atom is -0.497 e. The van der Waals surface area contributed by atoms with E-state index in [1.165, 1.54) is 0 Å². The number of hydrogen-bond acceptors (Lipinski definition) is 7. The van der Waals surface area contributed by atoms with Gasteiger partial charge in [-0.15, -0.1) is 0 Å². The maximum atomic E-state index is 13.7. The molecule has 0 saturated carbocycles. The third-order valence-corrected chi connectivity index (χ3v) is 8.27. The Hall–Kier alpha value is -4.24. The van der Waals surface area contributed by atoms with Gasteiger partial charge in [-0.1, -0.05) is 43.7 Å². The topological polar surface area (TPSA) is 107 Å². The molecule has 2 N–H and O–H groups in total. The zero-order chi connectivity index (χ0) is 30.0. The van der Waals surface area contributed by atoms with Crippen LogP contribution in [0, 0.1) is 12.8 Å². The van der Waals surface area contributed by atoms with Gasteiger partial charge in [0.25, 0.3) is 0 Å². The SMILES string of the molecule is CCc1cc(C)cc(CC)c1NC(=O)CN1C[C@H](c2cc(OC)c3c(c2)OCO3)C(C(=O)O)[C@@H]1c1ccc(OC)cc1. The van der Waals surface area contributed by atoms with E-state index < -0.39 is 23.8 Å². The van der Waals surface area contributed by atoms with Crippen LogP contribution in [0.25, 0.3) is 0 Å². The van der Waals surface area contributed by atoms with E-state index >= 15 is 0 Å². The van der Waals surface area contributed by atoms with Crippen molar-refractivity contribution >= 4 is 17.6 Å². The molecule has 1 saturated heterocycles. The molecule has 1 unspecified atom stereocenters. The minimum atomic E-state index is -0.944. The lowest BCUT2D eigenvalue weighted by molar-refractivity contribution is -0.143. The van der Waals surface area contributed by atoms with Crippen LogP contribution in [-0.4, -0.2) is 56.0 Å². The number of nitrogens with zero attached hydrogens (tertiary/aromatic N) is 1. The highest BCUT2D eigenvalue weighted by atomic mass is 16.7. The van der Waals surface area contributed by atoms with Gasteiger partial charge in [0.15, 0.2) is 11.5 Å². The summed E-state index contributed by atoms with van der Waals surface area (Å²) in [6.07, 6.45) is 1.58. The van der Waals surface area contributed by atoms with Gasteiger partial charge in [-0.05, 0) is 66.3 Å². The van der Waals surface area contributed by atoms with Crippen LogP contribution in [-0.2, 0) is 22.4 Å². The Morgan fingerprint density at radius 2 is 1.67 bits per heavy atom. The van der Waals surface area contributed by atoms with Crippen LogP contribution in [0.1, 0.15) is 53.6 Å². The first-order chi connectivity index (χ1) is 20.3. The van der Waals surface area contributed by atoms with Crippen LogP contribution in [0.4, 0.5) is 5.69 Å². The maximum absolute atomic E-state index is 13.7. The molecule has 42 heavy (non-hydrogen) atoms. The van der Waals surface area contributed by atoms with E-state index in [0.717, 1.165) is 46.3 Å². The number of likely N-dealkylation sites (tertiary alicyclic amines) is 1. The van der Waals surface area contributed by atoms with E-state index in [9.17, 15) is 14.7 Å². The summed E-state index contributed by atoms with van der Waals surface area (Å²) < 4.78 is 22.1. The van der Waals surface area contributed by atoms with Gasteiger partial charge in [0.1, 0.15) is 5.75 Å². The number of amides is 1. The fraction of sp³-hybridized carbons (Fsp3) is 0.394. The van der Waals surface area contributed by atoms with Gasteiger partial charge in [0, 0.05) is 24.2 Å². The standard InChI is InChI=1S/C33H38N2O7/c1-6-20-12-19(3)13-21(7-2)30(20)34-28(36)17-35-16-25(23-14-26(40-5)32-27(15-23)41-18-42-32)29(33(37)38)31(35)22-8-10-24(39-4)11-9-22/h8-15,25,29,31H,6-7,16-18H2,1-5H3,(H,34,36)(H,37,38)/t25-,29?,31+/m1/s1. The van der Waals surface area contributed by atoms with Gasteiger partial charge < -0.3 is 29.4 Å². The summed E-state index contributed by atoms with van der Waals surface area (Å²) in [5.74, 6) is -0.232. The van der Waals surface area contributed by atoms with Crippen LogP contribution in [0.15, 0.2) is 48.5 Å². The van der Waals surface area contributed by atoms with E-state index in [1.54, 1.807) is 14.2 Å². The summed E-state index contributed by atoms with van der Waals surface area (Å²) in [5.41, 5.74) is 5.73. The quantitative estimate of drug-likeness (QED) is 0.334. The van der Waals surface area contributed by atoms with Gasteiger partial charge in [0.2, 0.25) is 18.4 Å². The molecule has 2 heterocycles. The van der Waals surface area contributed by atoms with Crippen LogP contribution in [0.2, 0.25) is 0 Å². The van der Waals surface area contributed by atoms with Crippen LogP contribution < -0.4 is 24.3 Å². The number of rotatable bonds is 10. The number of benzene rings is 3. The molecule has 2 aliphatic heterocycles. The number of anilines is 1. The number of ether oxygens (including phenoxy) is 4. The molecule has 3 aromatic carbocycles. The molecule has 9 nitrogen and oxygen atoms in total. The third-order valence-electron chi connectivity index (χ3n) is 8.27. The molecular weight excluding hydrogens is 536 g/mol. The number of carbonyl (C=O) groups is 2. The van der Waals surface area contributed by atoms with Crippen molar-refractivity contribution in [2.24, 2.45) is 5.92 Å². The molecule has 0 aliphatic carbocycles. The number of aliphatic carboxylic acids is 1. The average Bonchev–Trinajstić information content (AvgIpc) is 3.62. The van der Waals surface area contributed by atoms with Crippen molar-refractivity contribution in [2.75, 3.05) is 39.4 Å². The Bertz CT molecular complexity index is 1440. The number of methoxy groups -OCH3 is 2. The Labute approximate surface area is 246 Å². The number of fused-ring (bicyclic) bond motifs is 1. The molecule has 5 rings (SSSR count). The highest BCUT2D eigenvalue weighted by molar-refractivity contribution is 5.94. The highest BCUT2D eigenvalue weighted by Crippen LogP contribution is 2.50. The van der Waals surface area contributed by atoms with Gasteiger partial charge in [-0.25, -0.2) is 0 Å². The zero-order valence-electron chi connectivity index (χ0n) is 24.7. The number of carboxylic acid groups (broad SMARTS) is 1. The summed E-state index contributed by atoms with van der Waals surface area (Å²) in [6.45, 7) is 6.65. The normalized spacial score (nSPS) is 19.5. The maximum Gasteiger partial charge on any atom is 0.309 e. The van der Waals surface area contributed by atoms with Gasteiger partial charge in [0.05, 0.1) is 26.7 Å². The Morgan fingerprint density at radius 1 is 0.976 bits per heavy atom. The summed E-state index contributed by atoms with van der Waals surface area (Å²) in [5, 5.41) is 13.8. The second kappa shape index (κ2) is 12.3. The Morgan fingerprint density at radius 3 is 2.26 bits per heavy atom. The first-order valence-corrected chi connectivity index (χ1v) is 14.3. The van der Waals surface area contributed by atoms with Gasteiger partial charge >= 0.3 is 5.97 Å². The van der Waals surface area contributed by atoms with Crippen molar-refractivity contribution < 1.29 is 33.6 Å². The Balaban J connectivity index is 1.52. The lowest BCUT2D eigenvalue weighted by Crippen LogP contribution is -2.35. The highest BCUT2D eigenvalue weighted by Gasteiger charge is 2.48. The van der Waals surface area contributed by atoms with Crippen molar-refractivity contribution in [1.29, 1.82) is 0 Å². The first-order valence-electron chi connectivity index (χ1n) is 14.3. The van der Waals surface area contributed by atoms with Crippen molar-refractivity contribution in [3.05, 3.63) is 76.3 Å². The second-order valence-electron chi connectivity index (χ2n) is 10.8. The lowest BCUT2D eigenvalue weighted by Gasteiger charge is -2.27. The van der Waals surface area contributed by atoms with Crippen molar-refractivity contribution in [2.45, 2.75) is 45.6 Å². The molecule has 3 atom stereocenters. The van der Waals surface area contributed by atoms with E-state index in [1.807, 2.05) is 41.3 Å². The summed E-state index contributed by atoms with van der Waals surface area (Å²) in [6, 6.07) is 14.7. The number of carboxylic acids is 1. The van der Waals surface area contributed by atoms with Crippen LogP contribution >= 0.6 is 0 Å². The molecule has 0 aromatic heterocycles. The molecule has 1 amide bonds. The zero-order valence-corrected chi connectivity index (χ0v) is 24.7. The lowest BCUT2D eigenvalue weighted by atomic mass is 9.82. The molecular formula is C33H38N2O7. The monoisotopic (exact) mass is 574 g/mol. The molecule has 9 heteroatoms.